The second kappa shape index (κ2) is 5.45. The number of hydrogen-bond acceptors (Lipinski definition) is 2. The third-order valence-corrected chi connectivity index (χ3v) is 2.39. The van der Waals surface area contributed by atoms with Crippen molar-refractivity contribution in [2.45, 2.75) is 33.1 Å². The van der Waals surface area contributed by atoms with Crippen molar-refractivity contribution >= 4 is 11.8 Å². The maximum Gasteiger partial charge on any atom is 0.257 e. The summed E-state index contributed by atoms with van der Waals surface area (Å²) < 4.78 is 0. The molecule has 0 saturated heterocycles. The highest BCUT2D eigenvalue weighted by molar-refractivity contribution is 6.04. The zero-order valence-electron chi connectivity index (χ0n) is 9.91. The minimum atomic E-state index is -0.325. The Kier molecular flexibility index (Phi) is 4.23. The number of nitrogens with one attached hydrogen (secondary N) is 1. The van der Waals surface area contributed by atoms with Crippen LogP contribution in [0.2, 0.25) is 0 Å². The van der Waals surface area contributed by atoms with Gasteiger partial charge in [-0.2, -0.15) is 0 Å². The van der Waals surface area contributed by atoms with Crippen molar-refractivity contribution in [3.63, 3.8) is 0 Å². The normalized spacial score (nSPS) is 10.2. The van der Waals surface area contributed by atoms with E-state index in [0.717, 1.165) is 5.56 Å². The molecule has 0 unspecified atom stereocenters. The van der Waals surface area contributed by atoms with Crippen LogP contribution in [0.15, 0.2) is 24.3 Å². The molecule has 0 radical (unpaired) electrons. The standard InChI is InChI=1S/C13H17NO2/c1-4-12(15)14-13(16)11-7-5-6-10(8-11)9(2)3/h5-9H,4H2,1-3H3,(H,14,15,16). The van der Waals surface area contributed by atoms with Crippen molar-refractivity contribution in [3.8, 4) is 0 Å². The van der Waals surface area contributed by atoms with Crippen molar-refractivity contribution in [1.82, 2.24) is 5.32 Å². The molecule has 1 N–H and O–H groups in total. The van der Waals surface area contributed by atoms with E-state index in [-0.39, 0.29) is 11.8 Å². The summed E-state index contributed by atoms with van der Waals surface area (Å²) in [6.07, 6.45) is 0.315. The summed E-state index contributed by atoms with van der Waals surface area (Å²) in [5.41, 5.74) is 1.63. The zero-order valence-corrected chi connectivity index (χ0v) is 9.91. The van der Waals surface area contributed by atoms with Gasteiger partial charge < -0.3 is 0 Å². The van der Waals surface area contributed by atoms with Gasteiger partial charge in [0.25, 0.3) is 5.91 Å². The zero-order chi connectivity index (χ0) is 12.1. The molecule has 16 heavy (non-hydrogen) atoms. The van der Waals surface area contributed by atoms with Crippen LogP contribution in [0.25, 0.3) is 0 Å². The van der Waals surface area contributed by atoms with Crippen molar-refractivity contribution in [2.75, 3.05) is 0 Å². The predicted molar refractivity (Wildman–Crippen MR) is 63.3 cm³/mol. The minimum absolute atomic E-state index is 0.250. The molecule has 0 aliphatic heterocycles. The Bertz CT molecular complexity index is 397. The van der Waals surface area contributed by atoms with E-state index in [0.29, 0.717) is 17.9 Å². The third-order valence-electron chi connectivity index (χ3n) is 2.39. The lowest BCUT2D eigenvalue weighted by Gasteiger charge is -2.07. The van der Waals surface area contributed by atoms with Crippen LogP contribution in [0.1, 0.15) is 49.0 Å². The first kappa shape index (κ1) is 12.4. The van der Waals surface area contributed by atoms with Crippen LogP contribution < -0.4 is 5.32 Å². The molecule has 1 aromatic carbocycles. The Labute approximate surface area is 95.9 Å². The van der Waals surface area contributed by atoms with Crippen molar-refractivity contribution < 1.29 is 9.59 Å². The molecular weight excluding hydrogens is 202 g/mol. The smallest absolute Gasteiger partial charge is 0.257 e. The summed E-state index contributed by atoms with van der Waals surface area (Å²) in [4.78, 5) is 22.7. The number of benzene rings is 1. The van der Waals surface area contributed by atoms with E-state index in [4.69, 9.17) is 0 Å². The molecule has 3 nitrogen and oxygen atoms in total. The highest BCUT2D eigenvalue weighted by Crippen LogP contribution is 2.15. The first-order valence-electron chi connectivity index (χ1n) is 5.48. The maximum atomic E-state index is 11.7. The number of hydrogen-bond donors (Lipinski definition) is 1. The number of rotatable bonds is 3. The Hall–Kier alpha value is -1.64. The van der Waals surface area contributed by atoms with E-state index in [9.17, 15) is 9.59 Å². The molecule has 1 aromatic rings. The first-order valence-corrected chi connectivity index (χ1v) is 5.48. The average molecular weight is 219 g/mol. The largest absolute Gasteiger partial charge is 0.292 e. The van der Waals surface area contributed by atoms with Gasteiger partial charge in [0, 0.05) is 12.0 Å². The van der Waals surface area contributed by atoms with Crippen molar-refractivity contribution in [3.05, 3.63) is 35.4 Å². The van der Waals surface area contributed by atoms with Gasteiger partial charge >= 0.3 is 0 Å². The molecule has 2 amide bonds. The molecule has 0 aliphatic rings. The molecular formula is C13H17NO2. The van der Waals surface area contributed by atoms with Gasteiger partial charge in [0.2, 0.25) is 5.91 Å². The van der Waals surface area contributed by atoms with Gasteiger partial charge in [-0.15, -0.1) is 0 Å². The van der Waals surface area contributed by atoms with Crippen LogP contribution in [0.5, 0.6) is 0 Å². The highest BCUT2D eigenvalue weighted by Gasteiger charge is 2.09. The van der Waals surface area contributed by atoms with Gasteiger partial charge in [-0.05, 0) is 23.6 Å². The van der Waals surface area contributed by atoms with E-state index in [1.165, 1.54) is 0 Å². The van der Waals surface area contributed by atoms with E-state index >= 15 is 0 Å². The van der Waals surface area contributed by atoms with Crippen molar-refractivity contribution in [2.24, 2.45) is 0 Å². The monoisotopic (exact) mass is 219 g/mol. The molecule has 0 saturated carbocycles. The fraction of sp³-hybridized carbons (Fsp3) is 0.385. The van der Waals surface area contributed by atoms with Gasteiger partial charge in [0.1, 0.15) is 0 Å². The Morgan fingerprint density at radius 2 is 2.00 bits per heavy atom. The number of imide groups is 1. The number of amides is 2. The fourth-order valence-corrected chi connectivity index (χ4v) is 1.33. The number of carbonyl (C=O) groups is 2. The average Bonchev–Trinajstić information content (AvgIpc) is 2.28. The summed E-state index contributed by atoms with van der Waals surface area (Å²) in [7, 11) is 0. The summed E-state index contributed by atoms with van der Waals surface area (Å²) >= 11 is 0. The minimum Gasteiger partial charge on any atom is -0.292 e. The molecule has 0 spiro atoms. The third kappa shape index (κ3) is 3.19. The molecule has 3 heteroatoms. The molecule has 0 bridgehead atoms. The van der Waals surface area contributed by atoms with E-state index < -0.39 is 0 Å². The van der Waals surface area contributed by atoms with Gasteiger partial charge in [-0.25, -0.2) is 0 Å². The van der Waals surface area contributed by atoms with Gasteiger partial charge in [-0.1, -0.05) is 32.9 Å². The Morgan fingerprint density at radius 3 is 2.56 bits per heavy atom. The van der Waals surface area contributed by atoms with Crippen LogP contribution >= 0.6 is 0 Å². The number of carbonyl (C=O) groups excluding carboxylic acids is 2. The van der Waals surface area contributed by atoms with E-state index in [2.05, 4.69) is 19.2 Å². The lowest BCUT2D eigenvalue weighted by atomic mass is 10.0. The molecule has 0 aromatic heterocycles. The van der Waals surface area contributed by atoms with Crippen LogP contribution in [0, 0.1) is 0 Å². The van der Waals surface area contributed by atoms with E-state index in [1.807, 2.05) is 18.2 Å². The summed E-state index contributed by atoms with van der Waals surface area (Å²) in [6, 6.07) is 7.34. The lowest BCUT2D eigenvalue weighted by Crippen LogP contribution is -2.29. The predicted octanol–water partition coefficient (Wildman–Crippen LogP) is 2.48. The van der Waals surface area contributed by atoms with Crippen molar-refractivity contribution in [1.29, 1.82) is 0 Å². The molecule has 0 heterocycles. The molecule has 1 rings (SSSR count). The van der Waals surface area contributed by atoms with Gasteiger partial charge in [0.15, 0.2) is 0 Å². The summed E-state index contributed by atoms with van der Waals surface area (Å²) in [5, 5.41) is 2.33. The second-order valence-corrected chi connectivity index (χ2v) is 4.01. The van der Waals surface area contributed by atoms with Crippen LogP contribution in [-0.2, 0) is 4.79 Å². The maximum absolute atomic E-state index is 11.7. The SMILES string of the molecule is CCC(=O)NC(=O)c1cccc(C(C)C)c1. The Morgan fingerprint density at radius 1 is 1.31 bits per heavy atom. The second-order valence-electron chi connectivity index (χ2n) is 4.01. The van der Waals surface area contributed by atoms with Crippen LogP contribution in [0.4, 0.5) is 0 Å². The fourth-order valence-electron chi connectivity index (χ4n) is 1.33. The van der Waals surface area contributed by atoms with Gasteiger partial charge in [0.05, 0.1) is 0 Å². The first-order chi connectivity index (χ1) is 7.54. The molecule has 86 valence electrons. The molecule has 0 atom stereocenters. The Balaban J connectivity index is 2.83. The quantitative estimate of drug-likeness (QED) is 0.848. The molecule has 0 aliphatic carbocycles. The lowest BCUT2D eigenvalue weighted by molar-refractivity contribution is -0.119. The highest BCUT2D eigenvalue weighted by atomic mass is 16.2. The molecule has 0 fully saturated rings. The van der Waals surface area contributed by atoms with Crippen LogP contribution in [0.3, 0.4) is 0 Å². The van der Waals surface area contributed by atoms with Gasteiger partial charge in [-0.3, -0.25) is 14.9 Å². The topological polar surface area (TPSA) is 46.2 Å². The summed E-state index contributed by atoms with van der Waals surface area (Å²) in [5.74, 6) is -0.205. The van der Waals surface area contributed by atoms with E-state index in [1.54, 1.807) is 13.0 Å². The summed E-state index contributed by atoms with van der Waals surface area (Å²) in [6.45, 7) is 5.84. The van der Waals surface area contributed by atoms with Crippen LogP contribution in [-0.4, -0.2) is 11.8 Å².